The first kappa shape index (κ1) is 17.6. The first-order chi connectivity index (χ1) is 10.9. The van der Waals surface area contributed by atoms with Gasteiger partial charge in [0.15, 0.2) is 0 Å². The molecule has 23 heavy (non-hydrogen) atoms. The number of aliphatic hydroxyl groups is 1. The van der Waals surface area contributed by atoms with Crippen molar-refractivity contribution in [1.82, 2.24) is 5.32 Å². The first-order valence-electron chi connectivity index (χ1n) is 8.30. The number of carbonyl (C=O) groups excluding carboxylic acids is 1. The molecule has 0 saturated heterocycles. The van der Waals surface area contributed by atoms with Crippen molar-refractivity contribution in [2.24, 2.45) is 11.3 Å². The molecule has 1 aliphatic carbocycles. The molecule has 1 fully saturated rings. The molecule has 0 aromatic heterocycles. The average Bonchev–Trinajstić information content (AvgIpc) is 3.27. The third kappa shape index (κ3) is 6.48. The van der Waals surface area contributed by atoms with Gasteiger partial charge < -0.3 is 20.5 Å². The Morgan fingerprint density at radius 2 is 2.09 bits per heavy atom. The second kappa shape index (κ2) is 7.68. The van der Waals surface area contributed by atoms with Crippen molar-refractivity contribution >= 4 is 11.7 Å². The summed E-state index contributed by atoms with van der Waals surface area (Å²) in [7, 11) is 0. The Labute approximate surface area is 138 Å². The fraction of sp³-hybridized carbons (Fsp3) is 0.611. The molecule has 1 aromatic carbocycles. The molecule has 1 aliphatic rings. The molecule has 0 heterocycles. The summed E-state index contributed by atoms with van der Waals surface area (Å²) in [5.74, 6) is 1.37. The van der Waals surface area contributed by atoms with E-state index in [1.54, 1.807) is 6.92 Å². The minimum Gasteiger partial charge on any atom is -0.491 e. The van der Waals surface area contributed by atoms with Gasteiger partial charge >= 0.3 is 6.03 Å². The number of hydrogen-bond acceptors (Lipinski definition) is 3. The van der Waals surface area contributed by atoms with Crippen LogP contribution in [0.25, 0.3) is 0 Å². The van der Waals surface area contributed by atoms with E-state index in [1.165, 1.54) is 12.8 Å². The smallest absolute Gasteiger partial charge is 0.319 e. The van der Waals surface area contributed by atoms with Gasteiger partial charge in [0, 0.05) is 6.54 Å². The molecule has 5 nitrogen and oxygen atoms in total. The largest absolute Gasteiger partial charge is 0.491 e. The van der Waals surface area contributed by atoms with E-state index in [9.17, 15) is 9.90 Å². The van der Waals surface area contributed by atoms with Crippen LogP contribution in [0.1, 0.15) is 40.0 Å². The summed E-state index contributed by atoms with van der Waals surface area (Å²) in [6.45, 7) is 7.01. The normalized spacial score (nSPS) is 15.8. The maximum Gasteiger partial charge on any atom is 0.319 e. The lowest BCUT2D eigenvalue weighted by atomic mass is 9.87. The van der Waals surface area contributed by atoms with E-state index in [-0.39, 0.29) is 17.6 Å². The monoisotopic (exact) mass is 320 g/mol. The number of anilines is 1. The second-order valence-corrected chi connectivity index (χ2v) is 7.28. The molecule has 0 radical (unpaired) electrons. The lowest BCUT2D eigenvalue weighted by Gasteiger charge is -2.26. The summed E-state index contributed by atoms with van der Waals surface area (Å²) in [4.78, 5) is 12.1. The molecule has 0 bridgehead atoms. The van der Waals surface area contributed by atoms with Gasteiger partial charge in [-0.1, -0.05) is 26.0 Å². The third-order valence-corrected chi connectivity index (χ3v) is 3.88. The SMILES string of the molecule is CC(O)CC(C)(C)CNC(=O)Nc1ccccc1OCC1CC1. The lowest BCUT2D eigenvalue weighted by Crippen LogP contribution is -2.38. The van der Waals surface area contributed by atoms with Crippen LogP contribution in [0.2, 0.25) is 0 Å². The topological polar surface area (TPSA) is 70.6 Å². The van der Waals surface area contributed by atoms with E-state index in [4.69, 9.17) is 4.74 Å². The van der Waals surface area contributed by atoms with Crippen molar-refractivity contribution < 1.29 is 14.6 Å². The summed E-state index contributed by atoms with van der Waals surface area (Å²) in [6, 6.07) is 7.22. The zero-order valence-corrected chi connectivity index (χ0v) is 14.3. The summed E-state index contributed by atoms with van der Waals surface area (Å²) in [5.41, 5.74) is 0.520. The molecule has 0 spiro atoms. The molecule has 1 saturated carbocycles. The zero-order chi connectivity index (χ0) is 16.9. The Morgan fingerprint density at radius 1 is 1.39 bits per heavy atom. The highest BCUT2D eigenvalue weighted by Gasteiger charge is 2.23. The van der Waals surface area contributed by atoms with Gasteiger partial charge in [-0.3, -0.25) is 0 Å². The van der Waals surface area contributed by atoms with Crippen molar-refractivity contribution in [3.63, 3.8) is 0 Å². The maximum absolute atomic E-state index is 12.1. The zero-order valence-electron chi connectivity index (χ0n) is 14.3. The van der Waals surface area contributed by atoms with Gasteiger partial charge in [-0.2, -0.15) is 0 Å². The third-order valence-electron chi connectivity index (χ3n) is 3.88. The van der Waals surface area contributed by atoms with Crippen LogP contribution in [0.5, 0.6) is 5.75 Å². The molecule has 2 rings (SSSR count). The quantitative estimate of drug-likeness (QED) is 0.687. The minimum absolute atomic E-state index is 0.159. The van der Waals surface area contributed by atoms with Gasteiger partial charge in [-0.25, -0.2) is 4.79 Å². The Balaban J connectivity index is 1.84. The molecule has 1 aromatic rings. The van der Waals surface area contributed by atoms with Gasteiger partial charge in [-0.05, 0) is 49.7 Å². The van der Waals surface area contributed by atoms with Crippen LogP contribution in [-0.2, 0) is 0 Å². The Hall–Kier alpha value is -1.75. The van der Waals surface area contributed by atoms with Gasteiger partial charge in [0.05, 0.1) is 18.4 Å². The van der Waals surface area contributed by atoms with E-state index in [2.05, 4.69) is 10.6 Å². The molecule has 128 valence electrons. The summed E-state index contributed by atoms with van der Waals surface area (Å²) in [6.07, 6.45) is 2.71. The first-order valence-corrected chi connectivity index (χ1v) is 8.30. The highest BCUT2D eigenvalue weighted by Crippen LogP contribution is 2.31. The van der Waals surface area contributed by atoms with E-state index in [0.717, 1.165) is 0 Å². The van der Waals surface area contributed by atoms with Crippen molar-refractivity contribution in [1.29, 1.82) is 0 Å². The van der Waals surface area contributed by atoms with Crippen LogP contribution in [0.3, 0.4) is 0 Å². The molecule has 1 unspecified atom stereocenters. The van der Waals surface area contributed by atoms with Crippen LogP contribution < -0.4 is 15.4 Å². The van der Waals surface area contributed by atoms with Gasteiger partial charge in [0.25, 0.3) is 0 Å². The number of ether oxygens (including phenoxy) is 1. The fourth-order valence-corrected chi connectivity index (χ4v) is 2.55. The lowest BCUT2D eigenvalue weighted by molar-refractivity contribution is 0.129. The van der Waals surface area contributed by atoms with Gasteiger partial charge in [-0.15, -0.1) is 0 Å². The minimum atomic E-state index is -0.383. The van der Waals surface area contributed by atoms with Crippen LogP contribution in [0, 0.1) is 11.3 Å². The van der Waals surface area contributed by atoms with Crippen LogP contribution in [-0.4, -0.2) is 30.4 Å². The number of aliphatic hydroxyl groups excluding tert-OH is 1. The predicted molar refractivity (Wildman–Crippen MR) is 91.8 cm³/mol. The fourth-order valence-electron chi connectivity index (χ4n) is 2.55. The molecular weight excluding hydrogens is 292 g/mol. The second-order valence-electron chi connectivity index (χ2n) is 7.28. The van der Waals surface area contributed by atoms with Crippen LogP contribution in [0.4, 0.5) is 10.5 Å². The molecular formula is C18H28N2O3. The highest BCUT2D eigenvalue weighted by molar-refractivity contribution is 5.90. The Kier molecular flexibility index (Phi) is 5.88. The van der Waals surface area contributed by atoms with Gasteiger partial charge in [0.1, 0.15) is 5.75 Å². The molecule has 0 aliphatic heterocycles. The van der Waals surface area contributed by atoms with Crippen molar-refractivity contribution in [2.75, 3.05) is 18.5 Å². The highest BCUT2D eigenvalue weighted by atomic mass is 16.5. The molecule has 3 N–H and O–H groups in total. The maximum atomic E-state index is 12.1. The standard InChI is InChI=1S/C18H28N2O3/c1-13(21)10-18(2,3)12-19-17(22)20-15-6-4-5-7-16(15)23-11-14-8-9-14/h4-7,13-14,21H,8-12H2,1-3H3,(H2,19,20,22). The van der Waals surface area contributed by atoms with Crippen LogP contribution in [0.15, 0.2) is 24.3 Å². The molecule has 2 amide bonds. The van der Waals surface area contributed by atoms with Crippen molar-refractivity contribution in [3.8, 4) is 5.75 Å². The predicted octanol–water partition coefficient (Wildman–Crippen LogP) is 3.39. The van der Waals surface area contributed by atoms with Gasteiger partial charge in [0.2, 0.25) is 0 Å². The molecule has 5 heteroatoms. The number of benzene rings is 1. The van der Waals surface area contributed by atoms with Crippen molar-refractivity contribution in [3.05, 3.63) is 24.3 Å². The molecule has 1 atom stereocenters. The Bertz CT molecular complexity index is 525. The average molecular weight is 320 g/mol. The number of rotatable bonds is 8. The summed E-state index contributed by atoms with van der Waals surface area (Å²) >= 11 is 0. The number of carbonyl (C=O) groups is 1. The van der Waals surface area contributed by atoms with E-state index in [1.807, 2.05) is 38.1 Å². The Morgan fingerprint density at radius 3 is 2.74 bits per heavy atom. The summed E-state index contributed by atoms with van der Waals surface area (Å²) < 4.78 is 5.78. The number of nitrogens with one attached hydrogen (secondary N) is 2. The van der Waals surface area contributed by atoms with E-state index < -0.39 is 0 Å². The van der Waals surface area contributed by atoms with E-state index in [0.29, 0.717) is 36.9 Å². The number of para-hydroxylation sites is 2. The number of amides is 2. The number of urea groups is 1. The van der Waals surface area contributed by atoms with E-state index >= 15 is 0 Å². The van der Waals surface area contributed by atoms with Crippen molar-refractivity contribution in [2.45, 2.75) is 46.1 Å². The number of hydrogen-bond donors (Lipinski definition) is 3. The van der Waals surface area contributed by atoms with Crippen LogP contribution >= 0.6 is 0 Å². The summed E-state index contributed by atoms with van der Waals surface area (Å²) in [5, 5.41) is 15.2.